The molecule has 12 heavy (non-hydrogen) atoms. The van der Waals surface area contributed by atoms with Crippen molar-refractivity contribution in [2.24, 2.45) is 0 Å². The Morgan fingerprint density at radius 3 is 2.75 bits per heavy atom. The summed E-state index contributed by atoms with van der Waals surface area (Å²) in [6.45, 7) is 0. The lowest BCUT2D eigenvalue weighted by Gasteiger charge is -2.21. The van der Waals surface area contributed by atoms with Crippen molar-refractivity contribution >= 4 is 39.4 Å². The fraction of sp³-hybridized carbons (Fsp3) is 0.833. The first-order valence-corrected chi connectivity index (χ1v) is 6.31. The molecule has 2 atom stereocenters. The fourth-order valence-corrected chi connectivity index (χ4v) is 3.36. The van der Waals surface area contributed by atoms with Crippen molar-refractivity contribution in [3.63, 3.8) is 0 Å². The van der Waals surface area contributed by atoms with E-state index in [0.29, 0.717) is 15.8 Å². The monoisotopic (exact) mass is 226 g/mol. The maximum Gasteiger partial charge on any atom is 0.216 e. The molecule has 3 nitrogen and oxygen atoms in total. The molecule has 1 aliphatic rings. The molecule has 6 heteroatoms. The molecule has 1 fully saturated rings. The van der Waals surface area contributed by atoms with Crippen LogP contribution in [-0.2, 0) is 14.4 Å². The van der Waals surface area contributed by atoms with Gasteiger partial charge in [-0.2, -0.15) is 4.55 Å². The Morgan fingerprint density at radius 1 is 1.83 bits per heavy atom. The van der Waals surface area contributed by atoms with E-state index in [2.05, 4.69) is 12.6 Å². The van der Waals surface area contributed by atoms with E-state index in [-0.39, 0.29) is 6.04 Å². The molecule has 0 saturated carbocycles. The molecule has 70 valence electrons. The molecule has 1 N–H and O–H groups in total. The van der Waals surface area contributed by atoms with E-state index in [1.54, 1.807) is 11.9 Å². The SMILES string of the molecule is CN(C(=S)S)[C@@H]1CC[S+](=O)(O)C1. The number of thiocarbonyl (C=S) groups is 1. The molecule has 0 aromatic rings. The van der Waals surface area contributed by atoms with E-state index >= 15 is 0 Å². The van der Waals surface area contributed by atoms with Gasteiger partial charge in [0.15, 0.2) is 5.75 Å². The lowest BCUT2D eigenvalue weighted by atomic mass is 10.2. The van der Waals surface area contributed by atoms with E-state index in [1.165, 1.54) is 0 Å². The van der Waals surface area contributed by atoms with E-state index in [4.69, 9.17) is 12.2 Å². The van der Waals surface area contributed by atoms with Gasteiger partial charge in [-0.1, -0.05) is 16.4 Å². The minimum absolute atomic E-state index is 0.0903. The first-order chi connectivity index (χ1) is 5.42. The minimum atomic E-state index is -2.56. The molecule has 0 amide bonds. The summed E-state index contributed by atoms with van der Waals surface area (Å²) >= 11 is 8.85. The number of hydrogen-bond acceptors (Lipinski definition) is 2. The fourth-order valence-electron chi connectivity index (χ4n) is 1.25. The van der Waals surface area contributed by atoms with Crippen LogP contribution in [-0.4, -0.2) is 38.4 Å². The molecular weight excluding hydrogens is 214 g/mol. The predicted molar refractivity (Wildman–Crippen MR) is 58.2 cm³/mol. The van der Waals surface area contributed by atoms with Crippen molar-refractivity contribution in [2.45, 2.75) is 12.5 Å². The van der Waals surface area contributed by atoms with Crippen molar-refractivity contribution in [1.82, 2.24) is 4.90 Å². The summed E-state index contributed by atoms with van der Waals surface area (Å²) in [4.78, 5) is 1.78. The molecule has 1 aliphatic heterocycles. The number of rotatable bonds is 1. The molecule has 0 aromatic carbocycles. The van der Waals surface area contributed by atoms with Crippen LogP contribution in [0.4, 0.5) is 0 Å². The summed E-state index contributed by atoms with van der Waals surface area (Å²) in [5, 5.41) is 0. The van der Waals surface area contributed by atoms with Crippen LogP contribution >= 0.6 is 24.8 Å². The molecule has 1 heterocycles. The van der Waals surface area contributed by atoms with Crippen molar-refractivity contribution in [1.29, 1.82) is 0 Å². The highest BCUT2D eigenvalue weighted by atomic mass is 32.3. The molecule has 0 aromatic heterocycles. The number of thiol groups is 1. The Labute approximate surface area is 84.2 Å². The van der Waals surface area contributed by atoms with Crippen LogP contribution in [0, 0.1) is 0 Å². The van der Waals surface area contributed by atoms with Crippen LogP contribution in [0.2, 0.25) is 0 Å². The lowest BCUT2D eigenvalue weighted by molar-refractivity contribution is 0.407. The van der Waals surface area contributed by atoms with Crippen LogP contribution in [0.5, 0.6) is 0 Å². The molecular formula is C6H12NO2S3+. The minimum Gasteiger partial charge on any atom is -0.353 e. The second-order valence-electron chi connectivity index (χ2n) is 2.98. The highest BCUT2D eigenvalue weighted by Crippen LogP contribution is 2.21. The van der Waals surface area contributed by atoms with Gasteiger partial charge in [0.2, 0.25) is 10.2 Å². The predicted octanol–water partition coefficient (Wildman–Crippen LogP) is 0.878. The summed E-state index contributed by atoms with van der Waals surface area (Å²) in [5.41, 5.74) is 0. The van der Waals surface area contributed by atoms with Crippen molar-refractivity contribution in [2.75, 3.05) is 18.6 Å². The van der Waals surface area contributed by atoms with Crippen LogP contribution in [0.1, 0.15) is 6.42 Å². The first-order valence-electron chi connectivity index (χ1n) is 3.60. The third-order valence-corrected chi connectivity index (χ3v) is 4.45. The summed E-state index contributed by atoms with van der Waals surface area (Å²) in [5.74, 6) is 0.711. The third-order valence-electron chi connectivity index (χ3n) is 2.07. The van der Waals surface area contributed by atoms with Crippen LogP contribution in [0.15, 0.2) is 0 Å². The van der Waals surface area contributed by atoms with Gasteiger partial charge in [0, 0.05) is 13.5 Å². The largest absolute Gasteiger partial charge is 0.353 e. The van der Waals surface area contributed by atoms with Crippen LogP contribution in [0.25, 0.3) is 0 Å². The van der Waals surface area contributed by atoms with Gasteiger partial charge in [0.1, 0.15) is 10.1 Å². The Kier molecular flexibility index (Phi) is 3.14. The normalized spacial score (nSPS) is 35.1. The van der Waals surface area contributed by atoms with Gasteiger partial charge in [-0.3, -0.25) is 0 Å². The Balaban J connectivity index is 2.58. The highest BCUT2D eigenvalue weighted by Gasteiger charge is 2.40. The van der Waals surface area contributed by atoms with Gasteiger partial charge in [-0.15, -0.1) is 12.6 Å². The molecule has 0 aliphatic carbocycles. The maximum atomic E-state index is 11.2. The van der Waals surface area contributed by atoms with Gasteiger partial charge < -0.3 is 4.90 Å². The summed E-state index contributed by atoms with van der Waals surface area (Å²) in [6, 6.07) is 0.0903. The van der Waals surface area contributed by atoms with Gasteiger partial charge in [-0.25, -0.2) is 0 Å². The maximum absolute atomic E-state index is 11.2. The molecule has 0 bridgehead atoms. The average molecular weight is 226 g/mol. The zero-order valence-electron chi connectivity index (χ0n) is 6.77. The zero-order chi connectivity index (χ0) is 9.35. The second kappa shape index (κ2) is 3.61. The molecule has 0 spiro atoms. The van der Waals surface area contributed by atoms with Gasteiger partial charge in [-0.05, 0) is 0 Å². The first kappa shape index (κ1) is 10.4. The Morgan fingerprint density at radius 2 is 2.42 bits per heavy atom. The van der Waals surface area contributed by atoms with Gasteiger partial charge in [0.25, 0.3) is 0 Å². The summed E-state index contributed by atoms with van der Waals surface area (Å²) in [7, 11) is -0.753. The highest BCUT2D eigenvalue weighted by molar-refractivity contribution is 8.10. The second-order valence-corrected chi connectivity index (χ2v) is 6.38. The van der Waals surface area contributed by atoms with E-state index in [0.717, 1.165) is 6.42 Å². The van der Waals surface area contributed by atoms with Crippen LogP contribution in [0.3, 0.4) is 0 Å². The Bertz CT molecular complexity index is 243. The Hall–Kier alpha value is 0.350. The topological polar surface area (TPSA) is 40.5 Å². The third kappa shape index (κ3) is 2.42. The molecule has 0 radical (unpaired) electrons. The summed E-state index contributed by atoms with van der Waals surface area (Å²) < 4.78 is 20.9. The van der Waals surface area contributed by atoms with E-state index in [1.807, 2.05) is 0 Å². The summed E-state index contributed by atoms with van der Waals surface area (Å²) in [6.07, 6.45) is 0.729. The van der Waals surface area contributed by atoms with Gasteiger partial charge >= 0.3 is 0 Å². The van der Waals surface area contributed by atoms with Gasteiger partial charge in [0.05, 0.1) is 6.04 Å². The zero-order valence-corrected chi connectivity index (χ0v) is 9.29. The standard InChI is InChI=1S/C6H11NO2S3/c1-7(6(10)11)5-2-3-12(8,9)4-5/h5H,2-4H2,1H3,(H-,8,9,10,11)/p+1/t5-/m1/s1. The average Bonchev–Trinajstić information content (AvgIpc) is 2.28. The molecule has 1 unspecified atom stereocenters. The quantitative estimate of drug-likeness (QED) is 0.395. The van der Waals surface area contributed by atoms with Crippen LogP contribution < -0.4 is 0 Å². The molecule has 1 saturated heterocycles. The number of nitrogens with zero attached hydrogens (tertiary/aromatic N) is 1. The molecule has 1 rings (SSSR count). The lowest BCUT2D eigenvalue weighted by Crippen LogP contribution is -2.34. The van der Waals surface area contributed by atoms with Crippen molar-refractivity contribution in [3.05, 3.63) is 0 Å². The van der Waals surface area contributed by atoms with E-state index in [9.17, 15) is 8.76 Å². The number of hydrogen-bond donors (Lipinski definition) is 2. The van der Waals surface area contributed by atoms with E-state index < -0.39 is 10.2 Å². The van der Waals surface area contributed by atoms with Crippen molar-refractivity contribution < 1.29 is 8.76 Å². The smallest absolute Gasteiger partial charge is 0.216 e. The van der Waals surface area contributed by atoms with Crippen molar-refractivity contribution in [3.8, 4) is 0 Å².